The van der Waals surface area contributed by atoms with Crippen LogP contribution in [0.15, 0.2) is 12.1 Å². The molecule has 1 aromatic rings. The van der Waals surface area contributed by atoms with Gasteiger partial charge in [-0.25, -0.2) is 0 Å². The predicted octanol–water partition coefficient (Wildman–Crippen LogP) is 1.23. The molecule has 2 aliphatic heterocycles. The van der Waals surface area contributed by atoms with E-state index in [2.05, 4.69) is 5.32 Å². The predicted molar refractivity (Wildman–Crippen MR) is 79.1 cm³/mol. The smallest absolute Gasteiger partial charge is 0.249 e. The molecular weight excluding hydrogens is 272 g/mol. The number of nitrogens with one attached hydrogen (secondary N) is 1. The Bertz CT molecular complexity index is 559. The Morgan fingerprint density at radius 2 is 2.00 bits per heavy atom. The number of aliphatic hydroxyl groups excluding tert-OH is 1. The van der Waals surface area contributed by atoms with Crippen molar-refractivity contribution in [2.24, 2.45) is 5.92 Å². The van der Waals surface area contributed by atoms with Crippen molar-refractivity contribution in [3.63, 3.8) is 0 Å². The molecule has 0 aromatic heterocycles. The Balaban J connectivity index is 2.05. The molecule has 1 aromatic carbocycles. The molecule has 0 fully saturated rings. The van der Waals surface area contributed by atoms with Gasteiger partial charge < -0.3 is 24.8 Å². The fourth-order valence-corrected chi connectivity index (χ4v) is 2.72. The van der Waals surface area contributed by atoms with Crippen molar-refractivity contribution in [3.05, 3.63) is 12.1 Å². The zero-order chi connectivity index (χ0) is 15.0. The maximum absolute atomic E-state index is 12.6. The fraction of sp³-hybridized carbons (Fsp3) is 0.533. The summed E-state index contributed by atoms with van der Waals surface area (Å²) in [4.78, 5) is 14.2. The summed E-state index contributed by atoms with van der Waals surface area (Å²) in [6, 6.07) is 3.38. The average Bonchev–Trinajstić information content (AvgIpc) is 2.48. The highest BCUT2D eigenvalue weighted by molar-refractivity contribution is 6.05. The maximum Gasteiger partial charge on any atom is 0.249 e. The molecule has 2 N–H and O–H groups in total. The van der Waals surface area contributed by atoms with Crippen molar-refractivity contribution in [1.82, 2.24) is 0 Å². The fourth-order valence-electron chi connectivity index (χ4n) is 2.72. The minimum absolute atomic E-state index is 0.0248. The lowest BCUT2D eigenvalue weighted by atomic mass is 9.98. The minimum Gasteiger partial charge on any atom is -0.486 e. The van der Waals surface area contributed by atoms with Gasteiger partial charge in [-0.1, -0.05) is 13.8 Å². The van der Waals surface area contributed by atoms with Crippen molar-refractivity contribution in [3.8, 4) is 11.5 Å². The number of β-amino-alcohol motifs (C(OH)–C–C–N with tert-alkyl or cyclic N) is 1. The largest absolute Gasteiger partial charge is 0.486 e. The minimum atomic E-state index is -0.299. The highest BCUT2D eigenvalue weighted by Crippen LogP contribution is 2.42. The van der Waals surface area contributed by atoms with Crippen LogP contribution in [-0.4, -0.2) is 43.4 Å². The molecule has 21 heavy (non-hydrogen) atoms. The molecule has 3 rings (SSSR count). The molecule has 0 radical (unpaired) electrons. The second kappa shape index (κ2) is 5.44. The molecule has 114 valence electrons. The molecule has 0 bridgehead atoms. The van der Waals surface area contributed by atoms with Crippen LogP contribution in [0, 0.1) is 5.92 Å². The normalized spacial score (nSPS) is 20.3. The molecular formula is C15H20N2O4. The Hall–Kier alpha value is -1.95. The number of rotatable bonds is 3. The van der Waals surface area contributed by atoms with Gasteiger partial charge in [-0.3, -0.25) is 4.79 Å². The van der Waals surface area contributed by atoms with E-state index in [1.165, 1.54) is 0 Å². The summed E-state index contributed by atoms with van der Waals surface area (Å²) in [5.41, 5.74) is 1.57. The summed E-state index contributed by atoms with van der Waals surface area (Å²) in [6.45, 7) is 5.21. The van der Waals surface area contributed by atoms with E-state index in [1.54, 1.807) is 11.0 Å². The Kier molecular flexibility index (Phi) is 3.63. The Morgan fingerprint density at radius 1 is 1.33 bits per heavy atom. The number of benzene rings is 1. The number of fused-ring (bicyclic) bond motifs is 2. The van der Waals surface area contributed by atoms with E-state index in [0.29, 0.717) is 24.7 Å². The number of hydrogen-bond donors (Lipinski definition) is 2. The number of anilines is 2. The van der Waals surface area contributed by atoms with Crippen LogP contribution in [-0.2, 0) is 4.79 Å². The van der Waals surface area contributed by atoms with Gasteiger partial charge in [0.25, 0.3) is 0 Å². The second-order valence-electron chi connectivity index (χ2n) is 5.59. The van der Waals surface area contributed by atoms with Gasteiger partial charge in [0, 0.05) is 18.7 Å². The van der Waals surface area contributed by atoms with Crippen LogP contribution in [0.3, 0.4) is 0 Å². The van der Waals surface area contributed by atoms with E-state index in [9.17, 15) is 9.90 Å². The lowest BCUT2D eigenvalue weighted by molar-refractivity contribution is -0.120. The first-order valence-electron chi connectivity index (χ1n) is 7.24. The highest BCUT2D eigenvalue weighted by atomic mass is 16.6. The molecule has 1 atom stereocenters. The molecule has 6 nitrogen and oxygen atoms in total. The number of nitrogens with zero attached hydrogens (tertiary/aromatic N) is 1. The highest BCUT2D eigenvalue weighted by Gasteiger charge is 2.35. The summed E-state index contributed by atoms with van der Waals surface area (Å²) in [5, 5.41) is 12.5. The molecule has 1 unspecified atom stereocenters. The van der Waals surface area contributed by atoms with Crippen molar-refractivity contribution in [2.75, 3.05) is 36.6 Å². The Morgan fingerprint density at radius 3 is 2.62 bits per heavy atom. The van der Waals surface area contributed by atoms with Gasteiger partial charge >= 0.3 is 0 Å². The zero-order valence-electron chi connectivity index (χ0n) is 12.3. The quantitative estimate of drug-likeness (QED) is 0.877. The molecule has 0 aliphatic carbocycles. The van der Waals surface area contributed by atoms with Crippen LogP contribution in [0.25, 0.3) is 0 Å². The summed E-state index contributed by atoms with van der Waals surface area (Å²) >= 11 is 0. The van der Waals surface area contributed by atoms with Crippen LogP contribution in [0.5, 0.6) is 11.5 Å². The van der Waals surface area contributed by atoms with Crippen molar-refractivity contribution in [2.45, 2.75) is 19.9 Å². The van der Waals surface area contributed by atoms with Crippen molar-refractivity contribution in [1.29, 1.82) is 0 Å². The van der Waals surface area contributed by atoms with Crippen molar-refractivity contribution >= 4 is 17.3 Å². The maximum atomic E-state index is 12.6. The van der Waals surface area contributed by atoms with Crippen LogP contribution >= 0.6 is 0 Å². The van der Waals surface area contributed by atoms with E-state index >= 15 is 0 Å². The standard InChI is InChI=1S/C15H20N2O4/c1-9(2)14-15(19)17(3-4-18)11-8-13-12(7-10(11)16-14)20-5-6-21-13/h7-9,14,16,18H,3-6H2,1-2H3. The summed E-state index contributed by atoms with van der Waals surface area (Å²) in [6.07, 6.45) is 0. The third-order valence-corrected chi connectivity index (χ3v) is 3.78. The van der Waals surface area contributed by atoms with Crippen LogP contribution in [0.1, 0.15) is 13.8 Å². The van der Waals surface area contributed by atoms with E-state index in [4.69, 9.17) is 9.47 Å². The zero-order valence-corrected chi connectivity index (χ0v) is 12.3. The topological polar surface area (TPSA) is 71.0 Å². The number of aliphatic hydroxyl groups is 1. The van der Waals surface area contributed by atoms with Crippen LogP contribution in [0.4, 0.5) is 11.4 Å². The number of carbonyl (C=O) groups excluding carboxylic acids is 1. The molecule has 1 amide bonds. The SMILES string of the molecule is CC(C)C1Nc2cc3c(cc2N(CCO)C1=O)OCCO3. The number of amides is 1. The molecule has 6 heteroatoms. The van der Waals surface area contributed by atoms with Crippen LogP contribution in [0.2, 0.25) is 0 Å². The lowest BCUT2D eigenvalue weighted by Crippen LogP contribution is -2.50. The van der Waals surface area contributed by atoms with E-state index in [1.807, 2.05) is 19.9 Å². The molecule has 0 saturated carbocycles. The number of hydrogen-bond acceptors (Lipinski definition) is 5. The molecule has 0 saturated heterocycles. The summed E-state index contributed by atoms with van der Waals surface area (Å²) < 4.78 is 11.2. The van der Waals surface area contributed by atoms with Gasteiger partial charge in [0.15, 0.2) is 11.5 Å². The van der Waals surface area contributed by atoms with Gasteiger partial charge in [-0.2, -0.15) is 0 Å². The summed E-state index contributed by atoms with van der Waals surface area (Å²) in [7, 11) is 0. The summed E-state index contributed by atoms with van der Waals surface area (Å²) in [5.74, 6) is 1.46. The van der Waals surface area contributed by atoms with E-state index in [0.717, 1.165) is 11.4 Å². The Labute approximate surface area is 123 Å². The molecule has 2 heterocycles. The first-order valence-corrected chi connectivity index (χ1v) is 7.24. The van der Waals surface area contributed by atoms with Crippen LogP contribution < -0.4 is 19.7 Å². The second-order valence-corrected chi connectivity index (χ2v) is 5.59. The third kappa shape index (κ3) is 2.40. The molecule has 2 aliphatic rings. The lowest BCUT2D eigenvalue weighted by Gasteiger charge is -2.37. The monoisotopic (exact) mass is 292 g/mol. The number of ether oxygens (including phenoxy) is 2. The first kappa shape index (κ1) is 14.0. The first-order chi connectivity index (χ1) is 10.1. The van der Waals surface area contributed by atoms with Gasteiger partial charge in [-0.15, -0.1) is 0 Å². The number of carbonyl (C=O) groups is 1. The van der Waals surface area contributed by atoms with Gasteiger partial charge in [-0.05, 0) is 5.92 Å². The third-order valence-electron chi connectivity index (χ3n) is 3.78. The van der Waals surface area contributed by atoms with Gasteiger partial charge in [0.05, 0.1) is 18.0 Å². The average molecular weight is 292 g/mol. The van der Waals surface area contributed by atoms with Gasteiger partial charge in [0.2, 0.25) is 5.91 Å². The van der Waals surface area contributed by atoms with Gasteiger partial charge in [0.1, 0.15) is 19.3 Å². The molecule has 0 spiro atoms. The van der Waals surface area contributed by atoms with E-state index in [-0.39, 0.29) is 31.0 Å². The van der Waals surface area contributed by atoms with E-state index < -0.39 is 0 Å². The van der Waals surface area contributed by atoms with Crippen molar-refractivity contribution < 1.29 is 19.4 Å².